The molecular formula is C25H29N5O2. The molecule has 32 heavy (non-hydrogen) atoms. The Morgan fingerprint density at radius 2 is 1.88 bits per heavy atom. The van der Waals surface area contributed by atoms with Gasteiger partial charge in [0.15, 0.2) is 5.82 Å². The molecule has 7 nitrogen and oxygen atoms in total. The van der Waals surface area contributed by atoms with Crippen molar-refractivity contribution in [3.05, 3.63) is 71.8 Å². The molecule has 1 aromatic heterocycles. The van der Waals surface area contributed by atoms with Gasteiger partial charge < -0.3 is 14.6 Å². The molecule has 2 aromatic carbocycles. The van der Waals surface area contributed by atoms with Crippen LogP contribution in [0.2, 0.25) is 0 Å². The average molecular weight is 432 g/mol. The number of hydrogen-bond acceptors (Lipinski definition) is 5. The van der Waals surface area contributed by atoms with E-state index in [1.54, 1.807) is 0 Å². The third-order valence-electron chi connectivity index (χ3n) is 6.13. The Morgan fingerprint density at radius 1 is 1.06 bits per heavy atom. The van der Waals surface area contributed by atoms with Crippen LogP contribution in [0.5, 0.6) is 11.5 Å². The van der Waals surface area contributed by atoms with Gasteiger partial charge in [-0.15, -0.1) is 10.2 Å². The van der Waals surface area contributed by atoms with Crippen LogP contribution in [0.1, 0.15) is 43.0 Å². The van der Waals surface area contributed by atoms with Crippen LogP contribution in [-0.2, 0) is 24.3 Å². The fraction of sp³-hybridized carbons (Fsp3) is 0.400. The Morgan fingerprint density at radius 3 is 2.69 bits per heavy atom. The molecule has 0 radical (unpaired) electrons. The van der Waals surface area contributed by atoms with E-state index in [1.807, 2.05) is 49.4 Å². The van der Waals surface area contributed by atoms with E-state index in [9.17, 15) is 4.79 Å². The molecule has 1 aliphatic carbocycles. The molecule has 1 saturated carbocycles. The Kier molecular flexibility index (Phi) is 5.90. The summed E-state index contributed by atoms with van der Waals surface area (Å²) in [7, 11) is 0. The number of rotatable bonds is 7. The normalized spacial score (nSPS) is 17.3. The molecule has 3 aromatic rings. The van der Waals surface area contributed by atoms with E-state index < -0.39 is 0 Å². The molecule has 2 heterocycles. The molecule has 1 fully saturated rings. The number of carbonyl (C=O) groups is 1. The van der Waals surface area contributed by atoms with Gasteiger partial charge in [-0.25, -0.2) is 0 Å². The van der Waals surface area contributed by atoms with E-state index in [4.69, 9.17) is 4.74 Å². The fourth-order valence-electron chi connectivity index (χ4n) is 4.20. The number of amides is 1. The summed E-state index contributed by atoms with van der Waals surface area (Å²) in [6, 6.07) is 18.0. The summed E-state index contributed by atoms with van der Waals surface area (Å²) in [6.45, 7) is 5.50. The standard InChI is InChI=1S/C25H29N5O2/c1-18(26-25(31)20-10-11-20)24-28-27-23-12-13-29(14-15-30(23)24)17-19-6-5-9-22(16-19)32-21-7-3-2-4-8-21/h2-9,16,18,20H,10-15,17H2,1H3,(H,26,31)/t18-/m0/s1. The highest BCUT2D eigenvalue weighted by Gasteiger charge is 2.31. The largest absolute Gasteiger partial charge is 0.457 e. The van der Waals surface area contributed by atoms with E-state index in [0.717, 1.165) is 68.6 Å². The second kappa shape index (κ2) is 9.12. The SMILES string of the molecule is C[C@H](NC(=O)C1CC1)c1nnc2n1CCN(Cc1cccc(Oc3ccccc3)c1)CC2. The molecule has 1 aliphatic heterocycles. The summed E-state index contributed by atoms with van der Waals surface area (Å²) in [5.74, 6) is 3.88. The molecule has 0 saturated heterocycles. The lowest BCUT2D eigenvalue weighted by molar-refractivity contribution is -0.123. The summed E-state index contributed by atoms with van der Waals surface area (Å²) in [4.78, 5) is 14.6. The van der Waals surface area contributed by atoms with Gasteiger partial charge in [-0.05, 0) is 49.6 Å². The highest BCUT2D eigenvalue weighted by atomic mass is 16.5. The molecule has 7 heteroatoms. The van der Waals surface area contributed by atoms with Crippen LogP contribution < -0.4 is 10.1 Å². The van der Waals surface area contributed by atoms with Crippen molar-refractivity contribution in [2.45, 2.75) is 45.3 Å². The second-order valence-corrected chi connectivity index (χ2v) is 8.72. The molecule has 0 spiro atoms. The van der Waals surface area contributed by atoms with Gasteiger partial charge in [0.05, 0.1) is 6.04 Å². The van der Waals surface area contributed by atoms with Gasteiger partial charge >= 0.3 is 0 Å². The van der Waals surface area contributed by atoms with Crippen molar-refractivity contribution < 1.29 is 9.53 Å². The zero-order valence-electron chi connectivity index (χ0n) is 18.4. The molecule has 166 valence electrons. The number of ether oxygens (including phenoxy) is 1. The Labute approximate surface area is 188 Å². The van der Waals surface area contributed by atoms with E-state index in [2.05, 4.69) is 37.1 Å². The van der Waals surface area contributed by atoms with E-state index >= 15 is 0 Å². The number of fused-ring (bicyclic) bond motifs is 1. The van der Waals surface area contributed by atoms with Crippen LogP contribution in [0.3, 0.4) is 0 Å². The first kappa shape index (κ1) is 20.7. The lowest BCUT2D eigenvalue weighted by Gasteiger charge is -2.20. The molecule has 5 rings (SSSR count). The Hall–Kier alpha value is -3.19. The maximum atomic E-state index is 12.2. The Balaban J connectivity index is 1.21. The van der Waals surface area contributed by atoms with E-state index in [-0.39, 0.29) is 17.9 Å². The minimum atomic E-state index is -0.122. The smallest absolute Gasteiger partial charge is 0.223 e. The maximum absolute atomic E-state index is 12.2. The van der Waals surface area contributed by atoms with Crippen LogP contribution in [-0.4, -0.2) is 38.7 Å². The zero-order chi connectivity index (χ0) is 21.9. The fourth-order valence-corrected chi connectivity index (χ4v) is 4.20. The predicted octanol–water partition coefficient (Wildman–Crippen LogP) is 3.72. The van der Waals surface area contributed by atoms with Crippen molar-refractivity contribution in [2.75, 3.05) is 13.1 Å². The van der Waals surface area contributed by atoms with Gasteiger partial charge in [0, 0.05) is 38.5 Å². The molecule has 0 unspecified atom stereocenters. The number of aromatic nitrogens is 3. The summed E-state index contributed by atoms with van der Waals surface area (Å²) in [5, 5.41) is 11.9. The number of nitrogens with zero attached hydrogens (tertiary/aromatic N) is 4. The van der Waals surface area contributed by atoms with Gasteiger partial charge in [-0.3, -0.25) is 9.69 Å². The van der Waals surface area contributed by atoms with Crippen molar-refractivity contribution in [2.24, 2.45) is 5.92 Å². The van der Waals surface area contributed by atoms with Crippen molar-refractivity contribution in [3.63, 3.8) is 0 Å². The van der Waals surface area contributed by atoms with Crippen LogP contribution in [0.25, 0.3) is 0 Å². The molecule has 0 bridgehead atoms. The van der Waals surface area contributed by atoms with Gasteiger partial charge in [-0.1, -0.05) is 30.3 Å². The van der Waals surface area contributed by atoms with Crippen LogP contribution >= 0.6 is 0 Å². The number of hydrogen-bond donors (Lipinski definition) is 1. The summed E-state index contributed by atoms with van der Waals surface area (Å²) < 4.78 is 8.18. The molecule has 1 atom stereocenters. The monoisotopic (exact) mass is 431 g/mol. The first-order chi connectivity index (χ1) is 15.7. The van der Waals surface area contributed by atoms with Crippen molar-refractivity contribution in [1.82, 2.24) is 25.0 Å². The average Bonchev–Trinajstić information content (AvgIpc) is 3.60. The highest BCUT2D eigenvalue weighted by Crippen LogP contribution is 2.30. The number of benzene rings is 2. The lowest BCUT2D eigenvalue weighted by atomic mass is 10.2. The van der Waals surface area contributed by atoms with E-state index in [0.29, 0.717) is 0 Å². The first-order valence-electron chi connectivity index (χ1n) is 11.4. The van der Waals surface area contributed by atoms with Gasteiger partial charge in [0.1, 0.15) is 17.3 Å². The van der Waals surface area contributed by atoms with Crippen molar-refractivity contribution >= 4 is 5.91 Å². The molecular weight excluding hydrogens is 402 g/mol. The number of para-hydroxylation sites is 1. The van der Waals surface area contributed by atoms with Crippen molar-refractivity contribution in [1.29, 1.82) is 0 Å². The molecule has 1 N–H and O–H groups in total. The third-order valence-corrected chi connectivity index (χ3v) is 6.13. The number of nitrogens with one attached hydrogen (secondary N) is 1. The minimum Gasteiger partial charge on any atom is -0.457 e. The molecule has 2 aliphatic rings. The predicted molar refractivity (Wildman–Crippen MR) is 121 cm³/mol. The van der Waals surface area contributed by atoms with Crippen LogP contribution in [0.15, 0.2) is 54.6 Å². The van der Waals surface area contributed by atoms with Crippen molar-refractivity contribution in [3.8, 4) is 11.5 Å². The lowest BCUT2D eigenvalue weighted by Crippen LogP contribution is -2.31. The quantitative estimate of drug-likeness (QED) is 0.617. The maximum Gasteiger partial charge on any atom is 0.223 e. The summed E-state index contributed by atoms with van der Waals surface area (Å²) in [6.07, 6.45) is 2.85. The van der Waals surface area contributed by atoms with Crippen LogP contribution in [0, 0.1) is 5.92 Å². The van der Waals surface area contributed by atoms with Gasteiger partial charge in [0.2, 0.25) is 5.91 Å². The minimum absolute atomic E-state index is 0.122. The van der Waals surface area contributed by atoms with Gasteiger partial charge in [-0.2, -0.15) is 0 Å². The zero-order valence-corrected chi connectivity index (χ0v) is 18.4. The first-order valence-corrected chi connectivity index (χ1v) is 11.4. The topological polar surface area (TPSA) is 72.3 Å². The van der Waals surface area contributed by atoms with Gasteiger partial charge in [0.25, 0.3) is 0 Å². The third kappa shape index (κ3) is 4.83. The summed E-state index contributed by atoms with van der Waals surface area (Å²) >= 11 is 0. The Bertz CT molecular complexity index is 1080. The molecule has 1 amide bonds. The number of carbonyl (C=O) groups excluding carboxylic acids is 1. The van der Waals surface area contributed by atoms with Crippen LogP contribution in [0.4, 0.5) is 0 Å². The van der Waals surface area contributed by atoms with E-state index in [1.165, 1.54) is 5.56 Å². The summed E-state index contributed by atoms with van der Waals surface area (Å²) in [5.41, 5.74) is 1.22. The second-order valence-electron chi connectivity index (χ2n) is 8.72. The highest BCUT2D eigenvalue weighted by molar-refractivity contribution is 5.81.